The highest BCUT2D eigenvalue weighted by Crippen LogP contribution is 2.26. The van der Waals surface area contributed by atoms with Gasteiger partial charge in [-0.15, -0.1) is 0 Å². The van der Waals surface area contributed by atoms with Crippen LogP contribution in [0.5, 0.6) is 0 Å². The lowest BCUT2D eigenvalue weighted by molar-refractivity contribution is -0.137. The number of carbonyl (C=O) groups is 1. The first-order valence-electron chi connectivity index (χ1n) is 9.21. The summed E-state index contributed by atoms with van der Waals surface area (Å²) in [7, 11) is 0. The highest BCUT2D eigenvalue weighted by Gasteiger charge is 2.31. The van der Waals surface area contributed by atoms with Crippen molar-refractivity contribution >= 4 is 17.7 Å². The maximum Gasteiger partial charge on any atom is 0.257 e. The van der Waals surface area contributed by atoms with E-state index in [0.717, 1.165) is 37.9 Å². The van der Waals surface area contributed by atoms with E-state index >= 15 is 0 Å². The van der Waals surface area contributed by atoms with Gasteiger partial charge in [-0.3, -0.25) is 24.0 Å². The topological polar surface area (TPSA) is 71.3 Å². The number of hydrogen-bond donors (Lipinski definition) is 0. The van der Waals surface area contributed by atoms with Gasteiger partial charge in [-0.1, -0.05) is 11.8 Å². The lowest BCUT2D eigenvalue weighted by atomic mass is 10.1. The number of piperazine rings is 1. The molecule has 0 bridgehead atoms. The standard InChI is InChI=1S/C19H23N5O2S/c1-14-10-21-19-24(17(14)25)12-16(13-27-19)18(26)23-8-6-22(7-9-23)11-15-2-4-20-5-3-15/h2-5,10,16H,6-9,11-13H2,1H3. The van der Waals surface area contributed by atoms with Gasteiger partial charge < -0.3 is 4.90 Å². The van der Waals surface area contributed by atoms with E-state index in [-0.39, 0.29) is 17.4 Å². The number of amides is 1. The Kier molecular flexibility index (Phi) is 5.27. The summed E-state index contributed by atoms with van der Waals surface area (Å²) in [5.74, 6) is 0.687. The second-order valence-corrected chi connectivity index (χ2v) is 8.09. The van der Waals surface area contributed by atoms with Crippen LogP contribution in [0, 0.1) is 12.8 Å². The van der Waals surface area contributed by atoms with Gasteiger partial charge in [0.25, 0.3) is 5.56 Å². The fraction of sp³-hybridized carbons (Fsp3) is 0.474. The molecule has 1 amide bonds. The Bertz CT molecular complexity index is 877. The number of rotatable bonds is 3. The van der Waals surface area contributed by atoms with Crippen LogP contribution in [0.15, 0.2) is 40.7 Å². The van der Waals surface area contributed by atoms with Crippen LogP contribution < -0.4 is 5.56 Å². The summed E-state index contributed by atoms with van der Waals surface area (Å²) in [6, 6.07) is 4.06. The average Bonchev–Trinajstić information content (AvgIpc) is 2.71. The van der Waals surface area contributed by atoms with Crippen molar-refractivity contribution in [1.82, 2.24) is 24.3 Å². The molecule has 4 rings (SSSR count). The number of fused-ring (bicyclic) bond motifs is 1. The van der Waals surface area contributed by atoms with Crippen molar-refractivity contribution in [2.45, 2.75) is 25.2 Å². The average molecular weight is 385 g/mol. The summed E-state index contributed by atoms with van der Waals surface area (Å²) in [6.07, 6.45) is 5.24. The Balaban J connectivity index is 1.36. The molecule has 27 heavy (non-hydrogen) atoms. The van der Waals surface area contributed by atoms with Crippen molar-refractivity contribution in [3.05, 3.63) is 52.2 Å². The van der Waals surface area contributed by atoms with E-state index in [1.54, 1.807) is 17.7 Å². The van der Waals surface area contributed by atoms with E-state index < -0.39 is 0 Å². The summed E-state index contributed by atoms with van der Waals surface area (Å²) in [6.45, 7) is 6.29. The molecule has 0 aromatic carbocycles. The maximum atomic E-state index is 13.0. The fourth-order valence-corrected chi connectivity index (χ4v) is 4.62. The Morgan fingerprint density at radius 2 is 1.96 bits per heavy atom. The summed E-state index contributed by atoms with van der Waals surface area (Å²) < 4.78 is 1.66. The Morgan fingerprint density at radius 3 is 2.70 bits per heavy atom. The van der Waals surface area contributed by atoms with Gasteiger partial charge in [0, 0.05) is 69.2 Å². The van der Waals surface area contributed by atoms with Crippen molar-refractivity contribution in [2.75, 3.05) is 31.9 Å². The number of pyridine rings is 1. The molecule has 2 aromatic heterocycles. The van der Waals surface area contributed by atoms with Gasteiger partial charge in [0.05, 0.1) is 5.92 Å². The third-order valence-electron chi connectivity index (χ3n) is 5.19. The predicted octanol–water partition coefficient (Wildman–Crippen LogP) is 1.01. The highest BCUT2D eigenvalue weighted by molar-refractivity contribution is 7.99. The number of aryl methyl sites for hydroxylation is 1. The Hall–Kier alpha value is -2.19. The second kappa shape index (κ2) is 7.82. The van der Waals surface area contributed by atoms with Crippen LogP contribution in [0.4, 0.5) is 0 Å². The van der Waals surface area contributed by atoms with E-state index in [1.165, 1.54) is 17.3 Å². The van der Waals surface area contributed by atoms with Crippen LogP contribution in [0.2, 0.25) is 0 Å². The number of hydrogen-bond acceptors (Lipinski definition) is 6. The number of thioether (sulfide) groups is 1. The van der Waals surface area contributed by atoms with Crippen LogP contribution in [0.3, 0.4) is 0 Å². The Labute approximate surface area is 162 Å². The SMILES string of the molecule is Cc1cnc2n(c1=O)CC(C(=O)N1CCN(Cc3ccncc3)CC1)CS2. The minimum Gasteiger partial charge on any atom is -0.340 e. The monoisotopic (exact) mass is 385 g/mol. The summed E-state index contributed by atoms with van der Waals surface area (Å²) >= 11 is 1.50. The minimum absolute atomic E-state index is 0.0350. The molecule has 0 aliphatic carbocycles. The molecule has 1 unspecified atom stereocenters. The summed E-state index contributed by atoms with van der Waals surface area (Å²) in [5, 5.41) is 0.719. The number of nitrogens with zero attached hydrogens (tertiary/aromatic N) is 5. The fourth-order valence-electron chi connectivity index (χ4n) is 3.58. The molecule has 1 fully saturated rings. The molecule has 0 spiro atoms. The zero-order valence-electron chi connectivity index (χ0n) is 15.4. The zero-order chi connectivity index (χ0) is 18.8. The van der Waals surface area contributed by atoms with Gasteiger partial charge >= 0.3 is 0 Å². The second-order valence-electron chi connectivity index (χ2n) is 7.10. The first kappa shape index (κ1) is 18.2. The molecule has 142 valence electrons. The van der Waals surface area contributed by atoms with Crippen molar-refractivity contribution in [3.8, 4) is 0 Å². The first-order chi connectivity index (χ1) is 13.1. The van der Waals surface area contributed by atoms with E-state index in [2.05, 4.69) is 14.9 Å². The van der Waals surface area contributed by atoms with Crippen molar-refractivity contribution in [3.63, 3.8) is 0 Å². The molecule has 1 atom stereocenters. The summed E-state index contributed by atoms with van der Waals surface area (Å²) in [5.41, 5.74) is 1.83. The van der Waals surface area contributed by atoms with Crippen molar-refractivity contribution in [2.24, 2.45) is 5.92 Å². The molecule has 2 aliphatic heterocycles. The quantitative estimate of drug-likeness (QED) is 0.735. The molecular weight excluding hydrogens is 362 g/mol. The lowest BCUT2D eigenvalue weighted by Crippen LogP contribution is -2.51. The largest absolute Gasteiger partial charge is 0.340 e. The van der Waals surface area contributed by atoms with Gasteiger partial charge in [0.15, 0.2) is 5.16 Å². The van der Waals surface area contributed by atoms with E-state index in [9.17, 15) is 9.59 Å². The van der Waals surface area contributed by atoms with Crippen LogP contribution in [0.1, 0.15) is 11.1 Å². The third-order valence-corrected chi connectivity index (χ3v) is 6.34. The smallest absolute Gasteiger partial charge is 0.257 e. The maximum absolute atomic E-state index is 13.0. The molecular formula is C19H23N5O2S. The van der Waals surface area contributed by atoms with Gasteiger partial charge in [0.2, 0.25) is 5.91 Å². The highest BCUT2D eigenvalue weighted by atomic mass is 32.2. The van der Waals surface area contributed by atoms with Crippen LogP contribution in [0.25, 0.3) is 0 Å². The minimum atomic E-state index is -0.157. The van der Waals surface area contributed by atoms with Gasteiger partial charge in [0.1, 0.15) is 0 Å². The molecule has 0 saturated carbocycles. The van der Waals surface area contributed by atoms with Crippen molar-refractivity contribution in [1.29, 1.82) is 0 Å². The van der Waals surface area contributed by atoms with E-state index in [1.807, 2.05) is 29.4 Å². The normalized spacial score (nSPS) is 20.3. The van der Waals surface area contributed by atoms with Crippen LogP contribution in [-0.2, 0) is 17.9 Å². The molecule has 8 heteroatoms. The molecule has 4 heterocycles. The van der Waals surface area contributed by atoms with Gasteiger partial charge in [-0.2, -0.15) is 0 Å². The molecule has 2 aliphatic rings. The van der Waals surface area contributed by atoms with E-state index in [0.29, 0.717) is 17.9 Å². The molecule has 2 aromatic rings. The van der Waals surface area contributed by atoms with Crippen LogP contribution in [-0.4, -0.2) is 62.2 Å². The zero-order valence-corrected chi connectivity index (χ0v) is 16.2. The summed E-state index contributed by atoms with van der Waals surface area (Å²) in [4.78, 5) is 38.0. The molecule has 1 saturated heterocycles. The Morgan fingerprint density at radius 1 is 1.22 bits per heavy atom. The predicted molar refractivity (Wildman–Crippen MR) is 104 cm³/mol. The number of carbonyl (C=O) groups excluding carboxylic acids is 1. The van der Waals surface area contributed by atoms with Crippen molar-refractivity contribution < 1.29 is 4.79 Å². The van der Waals surface area contributed by atoms with Crippen LogP contribution >= 0.6 is 11.8 Å². The molecule has 0 N–H and O–H groups in total. The first-order valence-corrected chi connectivity index (χ1v) is 10.2. The lowest BCUT2D eigenvalue weighted by Gasteiger charge is -2.37. The van der Waals surface area contributed by atoms with E-state index in [4.69, 9.17) is 0 Å². The van der Waals surface area contributed by atoms with Gasteiger partial charge in [-0.05, 0) is 24.6 Å². The third kappa shape index (κ3) is 3.91. The van der Waals surface area contributed by atoms with Gasteiger partial charge in [-0.25, -0.2) is 4.98 Å². The molecule has 7 nitrogen and oxygen atoms in total. The molecule has 0 radical (unpaired) electrons. The number of aromatic nitrogens is 3.